The molecule has 0 unspecified atom stereocenters. The molecule has 1 amide bonds. The van der Waals surface area contributed by atoms with E-state index in [1.807, 2.05) is 24.3 Å². The van der Waals surface area contributed by atoms with Gasteiger partial charge in [0.15, 0.2) is 0 Å². The van der Waals surface area contributed by atoms with Crippen molar-refractivity contribution in [1.82, 2.24) is 10.2 Å². The van der Waals surface area contributed by atoms with E-state index in [9.17, 15) is 9.18 Å². The first-order valence-corrected chi connectivity index (χ1v) is 9.83. The Morgan fingerprint density at radius 2 is 1.79 bits per heavy atom. The predicted octanol–water partition coefficient (Wildman–Crippen LogP) is 3.12. The summed E-state index contributed by atoms with van der Waals surface area (Å²) in [6, 6.07) is 13.0. The van der Waals surface area contributed by atoms with Gasteiger partial charge in [0.25, 0.3) is 5.91 Å². The maximum absolute atomic E-state index is 13.1. The van der Waals surface area contributed by atoms with Crippen molar-refractivity contribution in [3.63, 3.8) is 0 Å². The third-order valence-corrected chi connectivity index (χ3v) is 4.76. The fourth-order valence-electron chi connectivity index (χ4n) is 2.69. The van der Waals surface area contributed by atoms with E-state index in [0.29, 0.717) is 18.1 Å². The van der Waals surface area contributed by atoms with Crippen molar-refractivity contribution in [2.75, 3.05) is 44.7 Å². The van der Waals surface area contributed by atoms with E-state index in [0.717, 1.165) is 43.0 Å². The molecule has 1 heterocycles. The summed E-state index contributed by atoms with van der Waals surface area (Å²) in [5.74, 6) is -0.386. The zero-order valence-electron chi connectivity index (χ0n) is 15.3. The molecule has 1 fully saturated rings. The lowest BCUT2D eigenvalue weighted by molar-refractivity contribution is 0.0394. The smallest absolute Gasteiger partial charge is 0.257 e. The van der Waals surface area contributed by atoms with Crippen molar-refractivity contribution < 1.29 is 13.9 Å². The molecule has 0 aliphatic carbocycles. The molecular weight excluding hydrogens is 427 g/mol. The molecule has 6 nitrogen and oxygen atoms in total. The monoisotopic (exact) mass is 448 g/mol. The van der Waals surface area contributed by atoms with Crippen LogP contribution in [0.3, 0.4) is 0 Å². The van der Waals surface area contributed by atoms with E-state index >= 15 is 0 Å². The first-order valence-electron chi connectivity index (χ1n) is 9.04. The number of rotatable bonds is 5. The molecule has 0 bridgehead atoms. The Morgan fingerprint density at radius 3 is 2.46 bits per heavy atom. The van der Waals surface area contributed by atoms with Crippen LogP contribution in [0.2, 0.25) is 0 Å². The lowest BCUT2D eigenvalue weighted by Crippen LogP contribution is -2.39. The minimum absolute atomic E-state index is 0.352. The average Bonchev–Trinajstić information content (AvgIpc) is 2.71. The van der Waals surface area contributed by atoms with Crippen molar-refractivity contribution in [2.45, 2.75) is 0 Å². The Labute approximate surface area is 171 Å². The highest BCUT2D eigenvalue weighted by molar-refractivity contribution is 9.10. The Balaban J connectivity index is 1.67. The Hall–Kier alpha value is -2.29. The number of morpholine rings is 1. The number of anilines is 1. The second kappa shape index (κ2) is 10.3. The highest BCUT2D eigenvalue weighted by atomic mass is 79.9. The van der Waals surface area contributed by atoms with Crippen LogP contribution in [0.4, 0.5) is 10.1 Å². The van der Waals surface area contributed by atoms with Crippen LogP contribution in [-0.4, -0.2) is 56.2 Å². The van der Waals surface area contributed by atoms with Gasteiger partial charge in [0.1, 0.15) is 5.82 Å². The molecule has 1 saturated heterocycles. The summed E-state index contributed by atoms with van der Waals surface area (Å²) >= 11 is 3.40. The maximum atomic E-state index is 13.1. The zero-order valence-corrected chi connectivity index (χ0v) is 16.9. The number of ether oxygens (including phenoxy) is 1. The van der Waals surface area contributed by atoms with Gasteiger partial charge in [-0.05, 0) is 48.5 Å². The first kappa shape index (κ1) is 20.4. The summed E-state index contributed by atoms with van der Waals surface area (Å²) in [6.07, 6.45) is 0. The van der Waals surface area contributed by atoms with E-state index in [-0.39, 0.29) is 11.7 Å². The van der Waals surface area contributed by atoms with Crippen LogP contribution >= 0.6 is 15.9 Å². The second-order valence-corrected chi connectivity index (χ2v) is 7.19. The summed E-state index contributed by atoms with van der Waals surface area (Å²) < 4.78 is 19.4. The van der Waals surface area contributed by atoms with Crippen LogP contribution in [0.15, 0.2) is 58.0 Å². The van der Waals surface area contributed by atoms with E-state index in [2.05, 4.69) is 36.5 Å². The van der Waals surface area contributed by atoms with Crippen molar-refractivity contribution in [3.05, 3.63) is 64.4 Å². The third-order valence-electron chi connectivity index (χ3n) is 4.24. The van der Waals surface area contributed by atoms with Crippen LogP contribution in [0.25, 0.3) is 0 Å². The Morgan fingerprint density at radius 1 is 1.11 bits per heavy atom. The highest BCUT2D eigenvalue weighted by Crippen LogP contribution is 2.14. The molecule has 2 N–H and O–H groups in total. The normalized spacial score (nSPS) is 15.3. The van der Waals surface area contributed by atoms with Crippen molar-refractivity contribution in [1.29, 1.82) is 0 Å². The lowest BCUT2D eigenvalue weighted by atomic mass is 10.2. The van der Waals surface area contributed by atoms with Gasteiger partial charge in [-0.1, -0.05) is 15.9 Å². The standard InChI is InChI=1S/C20H22BrFN4O2/c21-16-3-7-18(8-4-16)24-20(23-9-10-26-11-13-28-14-12-26)25-19(27)15-1-5-17(22)6-2-15/h1-8H,9-14H2,(H2,23,24,25,27). The largest absolute Gasteiger partial charge is 0.379 e. The van der Waals surface area contributed by atoms with Crippen LogP contribution in [0.1, 0.15) is 10.4 Å². The molecule has 0 spiro atoms. The topological polar surface area (TPSA) is 66.0 Å². The molecule has 148 valence electrons. The number of benzene rings is 2. The third kappa shape index (κ3) is 6.40. The van der Waals surface area contributed by atoms with Crippen LogP contribution < -0.4 is 10.6 Å². The summed E-state index contributed by atoms with van der Waals surface area (Å²) in [7, 11) is 0. The molecule has 28 heavy (non-hydrogen) atoms. The molecule has 1 aliphatic heterocycles. The number of hydrogen-bond donors (Lipinski definition) is 2. The number of aliphatic imine (C=N–C) groups is 1. The van der Waals surface area contributed by atoms with Crippen molar-refractivity contribution in [2.24, 2.45) is 4.99 Å². The maximum Gasteiger partial charge on any atom is 0.257 e. The number of guanidine groups is 1. The second-order valence-electron chi connectivity index (χ2n) is 6.28. The highest BCUT2D eigenvalue weighted by Gasteiger charge is 2.12. The number of nitrogens with one attached hydrogen (secondary N) is 2. The Bertz CT molecular complexity index is 806. The van der Waals surface area contributed by atoms with Crippen molar-refractivity contribution in [3.8, 4) is 0 Å². The summed E-state index contributed by atoms with van der Waals surface area (Å²) in [5, 5.41) is 5.91. The number of hydrogen-bond acceptors (Lipinski definition) is 4. The van der Waals surface area contributed by atoms with E-state index in [1.54, 1.807) is 0 Å². The number of carbonyl (C=O) groups is 1. The van der Waals surface area contributed by atoms with Gasteiger partial charge in [-0.25, -0.2) is 4.39 Å². The van der Waals surface area contributed by atoms with Gasteiger partial charge in [0, 0.05) is 35.4 Å². The number of amides is 1. The van der Waals surface area contributed by atoms with Crippen LogP contribution in [0.5, 0.6) is 0 Å². The van der Waals surface area contributed by atoms with Gasteiger partial charge < -0.3 is 10.1 Å². The van der Waals surface area contributed by atoms with Crippen molar-refractivity contribution >= 4 is 33.5 Å². The Kier molecular flexibility index (Phi) is 7.53. The minimum Gasteiger partial charge on any atom is -0.379 e. The fourth-order valence-corrected chi connectivity index (χ4v) is 2.95. The summed E-state index contributed by atoms with van der Waals surface area (Å²) in [5.41, 5.74) is 1.16. The molecule has 2 aromatic carbocycles. The van der Waals surface area contributed by atoms with Gasteiger partial charge in [-0.3, -0.25) is 20.0 Å². The van der Waals surface area contributed by atoms with Gasteiger partial charge in [0.05, 0.1) is 19.8 Å². The summed E-state index contributed by atoms with van der Waals surface area (Å²) in [4.78, 5) is 19.3. The molecule has 0 aromatic heterocycles. The van der Waals surface area contributed by atoms with Crippen LogP contribution in [0, 0.1) is 5.82 Å². The number of halogens is 2. The van der Waals surface area contributed by atoms with Gasteiger partial charge in [0.2, 0.25) is 5.96 Å². The lowest BCUT2D eigenvalue weighted by Gasteiger charge is -2.25. The van der Waals surface area contributed by atoms with E-state index < -0.39 is 0 Å². The van der Waals surface area contributed by atoms with Gasteiger partial charge in [-0.15, -0.1) is 0 Å². The number of carbonyl (C=O) groups excluding carboxylic acids is 1. The molecular formula is C20H22BrFN4O2. The summed E-state index contributed by atoms with van der Waals surface area (Å²) in [6.45, 7) is 4.54. The van der Waals surface area contributed by atoms with Gasteiger partial charge in [-0.2, -0.15) is 0 Å². The zero-order chi connectivity index (χ0) is 19.8. The van der Waals surface area contributed by atoms with E-state index in [4.69, 9.17) is 4.74 Å². The average molecular weight is 449 g/mol. The fraction of sp³-hybridized carbons (Fsp3) is 0.300. The minimum atomic E-state index is -0.385. The molecule has 1 aliphatic rings. The SMILES string of the molecule is O=C(NC(=NCCN1CCOCC1)Nc1ccc(Br)cc1)c1ccc(F)cc1. The van der Waals surface area contributed by atoms with E-state index in [1.165, 1.54) is 24.3 Å². The molecule has 0 radical (unpaired) electrons. The first-order chi connectivity index (χ1) is 13.6. The molecule has 8 heteroatoms. The molecule has 3 rings (SSSR count). The van der Waals surface area contributed by atoms with Crippen LogP contribution in [-0.2, 0) is 4.74 Å². The molecule has 2 aromatic rings. The molecule has 0 atom stereocenters. The van der Waals surface area contributed by atoms with Gasteiger partial charge >= 0.3 is 0 Å². The molecule has 0 saturated carbocycles. The quantitative estimate of drug-likeness (QED) is 0.544. The predicted molar refractivity (Wildman–Crippen MR) is 111 cm³/mol. The number of nitrogens with zero attached hydrogens (tertiary/aromatic N) is 2.